The zero-order chi connectivity index (χ0) is 25.6. The molecule has 0 aliphatic carbocycles. The van der Waals surface area contributed by atoms with Crippen molar-refractivity contribution in [1.82, 2.24) is 24.1 Å². The topological polar surface area (TPSA) is 77.1 Å². The summed E-state index contributed by atoms with van der Waals surface area (Å²) < 4.78 is 32.6. The van der Waals surface area contributed by atoms with Crippen LogP contribution in [0.15, 0.2) is 67.5 Å². The maximum Gasteiger partial charge on any atom is 0.262 e. The van der Waals surface area contributed by atoms with Gasteiger partial charge in [-0.05, 0) is 80.3 Å². The van der Waals surface area contributed by atoms with E-state index in [-0.39, 0.29) is 11.3 Å². The number of aromatic nitrogens is 5. The predicted molar refractivity (Wildman–Crippen MR) is 134 cm³/mol. The van der Waals surface area contributed by atoms with Gasteiger partial charge in [-0.15, -0.1) is 5.10 Å². The van der Waals surface area contributed by atoms with Crippen molar-refractivity contribution in [2.45, 2.75) is 33.2 Å². The molecule has 0 saturated carbocycles. The Morgan fingerprint density at radius 2 is 1.72 bits per heavy atom. The van der Waals surface area contributed by atoms with Gasteiger partial charge in [0.2, 0.25) is 5.95 Å². The Morgan fingerprint density at radius 3 is 2.42 bits per heavy atom. The highest BCUT2D eigenvalue weighted by Crippen LogP contribution is 2.33. The lowest BCUT2D eigenvalue weighted by Crippen LogP contribution is -2.22. The molecule has 9 heteroatoms. The number of halogens is 2. The van der Waals surface area contributed by atoms with Crippen LogP contribution in [0.2, 0.25) is 0 Å². The highest BCUT2D eigenvalue weighted by Gasteiger charge is 2.23. The summed E-state index contributed by atoms with van der Waals surface area (Å²) in [6.07, 6.45) is 10.2. The Hall–Kier alpha value is -4.40. The molecular weight excluding hydrogens is 462 g/mol. The van der Waals surface area contributed by atoms with Gasteiger partial charge < -0.3 is 9.72 Å². The van der Waals surface area contributed by atoms with Crippen LogP contribution in [0, 0.1) is 18.7 Å². The lowest BCUT2D eigenvalue weighted by Gasteiger charge is -2.18. The maximum atomic E-state index is 14.9. The third-order valence-electron chi connectivity index (χ3n) is 5.95. The van der Waals surface area contributed by atoms with E-state index in [1.54, 1.807) is 31.6 Å². The number of aryl methyl sites for hydroxylation is 1. The van der Waals surface area contributed by atoms with E-state index >= 15 is 0 Å². The molecule has 182 valence electrons. The third-order valence-corrected chi connectivity index (χ3v) is 5.95. The number of nitrogens with zero attached hydrogens (tertiary/aromatic N) is 5. The number of imidazole rings is 1. The Balaban J connectivity index is 1.56. The van der Waals surface area contributed by atoms with Gasteiger partial charge in [0, 0.05) is 42.7 Å². The van der Waals surface area contributed by atoms with Gasteiger partial charge in [-0.3, -0.25) is 14.5 Å². The highest BCUT2D eigenvalue weighted by molar-refractivity contribution is 6.04. The number of pyridine rings is 2. The van der Waals surface area contributed by atoms with Crippen molar-refractivity contribution in [1.29, 1.82) is 0 Å². The molecular formula is C27H24F2N6O. The Labute approximate surface area is 206 Å². The molecule has 4 aromatic heterocycles. The molecule has 0 saturated heterocycles. The van der Waals surface area contributed by atoms with Crippen molar-refractivity contribution in [3.05, 3.63) is 90.4 Å². The quantitative estimate of drug-likeness (QED) is 0.346. The number of benzene rings is 1. The van der Waals surface area contributed by atoms with Crippen LogP contribution in [0.3, 0.4) is 0 Å². The molecule has 0 atom stereocenters. The van der Waals surface area contributed by atoms with Crippen LogP contribution < -0.4 is 5.32 Å². The average Bonchev–Trinajstić information content (AvgIpc) is 3.47. The summed E-state index contributed by atoms with van der Waals surface area (Å²) in [4.78, 5) is 21.4. The van der Waals surface area contributed by atoms with Crippen LogP contribution in [-0.4, -0.2) is 30.1 Å². The van der Waals surface area contributed by atoms with Crippen molar-refractivity contribution < 1.29 is 13.6 Å². The average molecular weight is 487 g/mol. The molecule has 36 heavy (non-hydrogen) atoms. The van der Waals surface area contributed by atoms with Gasteiger partial charge >= 0.3 is 0 Å². The number of nitrogens with one attached hydrogen (secondary N) is 1. The standard InChI is InChI=1S/C27H24F2N6O/c1-16-11-22(28)23(32-26(36)21-15-35(27(2,3)4)33-24(21)29)13-19(16)18-12-20(17-5-7-30-8-6-17)25-31-9-10-34(25)14-18/h5-15H,1-4H3,(H,32,36). The SMILES string of the molecule is Cc1cc(F)c(NC(=O)c2cn(C(C)(C)C)nc2F)cc1-c1cc(-c2ccncc2)c2nccn2c1. The van der Waals surface area contributed by atoms with Gasteiger partial charge in [-0.2, -0.15) is 4.39 Å². The Kier molecular flexibility index (Phi) is 5.62. The fraction of sp³-hybridized carbons (Fsp3) is 0.185. The van der Waals surface area contributed by atoms with Crippen LogP contribution in [0.25, 0.3) is 27.9 Å². The first kappa shape index (κ1) is 23.3. The lowest BCUT2D eigenvalue weighted by molar-refractivity contribution is 0.102. The summed E-state index contributed by atoms with van der Waals surface area (Å²) in [5, 5.41) is 6.30. The van der Waals surface area contributed by atoms with Gasteiger partial charge in [-0.25, -0.2) is 9.37 Å². The smallest absolute Gasteiger partial charge is 0.262 e. The number of anilines is 1. The van der Waals surface area contributed by atoms with Gasteiger partial charge in [-0.1, -0.05) is 0 Å². The summed E-state index contributed by atoms with van der Waals surface area (Å²) in [5.41, 5.74) is 3.94. The highest BCUT2D eigenvalue weighted by atomic mass is 19.1. The second-order valence-corrected chi connectivity index (χ2v) is 9.59. The fourth-order valence-electron chi connectivity index (χ4n) is 4.04. The fourth-order valence-corrected chi connectivity index (χ4v) is 4.04. The van der Waals surface area contributed by atoms with Gasteiger partial charge in [0.05, 0.1) is 11.2 Å². The predicted octanol–water partition coefficient (Wildman–Crippen LogP) is 5.85. The molecule has 0 bridgehead atoms. The molecule has 0 aliphatic rings. The van der Waals surface area contributed by atoms with Gasteiger partial charge in [0.1, 0.15) is 17.0 Å². The summed E-state index contributed by atoms with van der Waals surface area (Å²) in [6, 6.07) is 8.66. The summed E-state index contributed by atoms with van der Waals surface area (Å²) in [7, 11) is 0. The largest absolute Gasteiger partial charge is 0.319 e. The normalized spacial score (nSPS) is 11.7. The first-order chi connectivity index (χ1) is 17.1. The van der Waals surface area contributed by atoms with Gasteiger partial charge in [0.25, 0.3) is 5.91 Å². The van der Waals surface area contributed by atoms with E-state index in [0.29, 0.717) is 11.1 Å². The van der Waals surface area contributed by atoms with Crippen LogP contribution in [0.5, 0.6) is 0 Å². The summed E-state index contributed by atoms with van der Waals surface area (Å²) in [5.74, 6) is -2.31. The van der Waals surface area contributed by atoms with E-state index in [2.05, 4.69) is 20.4 Å². The third kappa shape index (κ3) is 4.24. The monoisotopic (exact) mass is 486 g/mol. The molecule has 7 nitrogen and oxygen atoms in total. The number of carbonyl (C=O) groups is 1. The number of amides is 1. The van der Waals surface area contributed by atoms with E-state index < -0.39 is 23.2 Å². The molecule has 5 aromatic rings. The number of rotatable bonds is 4. The van der Waals surface area contributed by atoms with Crippen molar-refractivity contribution in [3.63, 3.8) is 0 Å². The second kappa shape index (κ2) is 8.67. The number of hydrogen-bond acceptors (Lipinski definition) is 4. The first-order valence-electron chi connectivity index (χ1n) is 11.4. The minimum absolute atomic E-state index is 0.0558. The lowest BCUT2D eigenvalue weighted by atomic mass is 9.97. The van der Waals surface area contributed by atoms with Crippen molar-refractivity contribution >= 4 is 17.2 Å². The number of carbonyl (C=O) groups excluding carboxylic acids is 1. The van der Waals surface area contributed by atoms with Crippen LogP contribution in [-0.2, 0) is 5.54 Å². The van der Waals surface area contributed by atoms with Gasteiger partial charge in [0.15, 0.2) is 0 Å². The van der Waals surface area contributed by atoms with Crippen molar-refractivity contribution in [3.8, 4) is 22.3 Å². The van der Waals surface area contributed by atoms with Crippen LogP contribution in [0.1, 0.15) is 36.7 Å². The van der Waals surface area contributed by atoms with E-state index in [0.717, 1.165) is 22.3 Å². The molecule has 0 aliphatic heterocycles. The number of fused-ring (bicyclic) bond motifs is 1. The van der Waals surface area contributed by atoms with Crippen molar-refractivity contribution in [2.24, 2.45) is 0 Å². The molecule has 0 fully saturated rings. The number of hydrogen-bond donors (Lipinski definition) is 1. The maximum absolute atomic E-state index is 14.9. The molecule has 1 aromatic carbocycles. The molecule has 1 amide bonds. The van der Waals surface area contributed by atoms with Crippen LogP contribution >= 0.6 is 0 Å². The minimum Gasteiger partial charge on any atom is -0.319 e. The second-order valence-electron chi connectivity index (χ2n) is 9.59. The van der Waals surface area contributed by atoms with E-state index in [4.69, 9.17) is 0 Å². The summed E-state index contributed by atoms with van der Waals surface area (Å²) >= 11 is 0. The molecule has 1 N–H and O–H groups in total. The van der Waals surface area contributed by atoms with Crippen molar-refractivity contribution in [2.75, 3.05) is 5.32 Å². The molecule has 0 unspecified atom stereocenters. The first-order valence-corrected chi connectivity index (χ1v) is 11.4. The van der Waals surface area contributed by atoms with E-state index in [9.17, 15) is 13.6 Å². The Morgan fingerprint density at radius 1 is 0.972 bits per heavy atom. The molecule has 0 spiro atoms. The van der Waals surface area contributed by atoms with E-state index in [1.165, 1.54) is 16.9 Å². The zero-order valence-corrected chi connectivity index (χ0v) is 20.3. The van der Waals surface area contributed by atoms with E-state index in [1.807, 2.05) is 55.8 Å². The molecule has 5 rings (SSSR count). The van der Waals surface area contributed by atoms with Crippen LogP contribution in [0.4, 0.5) is 14.5 Å². The molecule has 0 radical (unpaired) electrons. The minimum atomic E-state index is -0.914. The zero-order valence-electron chi connectivity index (χ0n) is 20.3. The molecule has 4 heterocycles. The summed E-state index contributed by atoms with van der Waals surface area (Å²) in [6.45, 7) is 7.31. The Bertz CT molecular complexity index is 1600.